The molecule has 0 bridgehead atoms. The van der Waals surface area contributed by atoms with Crippen molar-refractivity contribution < 1.29 is 4.79 Å². The molecular formula is C17H23Cl2N3OS. The standard InChI is InChI=1S/C17H21N3OS.2ClH/c21-16(19-10-8-13-5-4-9-18-11-13)15-12-20-17(22-15)14-6-2-1-3-7-14;;/h1-3,6-7,12-13,18H,4-5,8-11H2,(H,19,21);2*1H. The van der Waals surface area contributed by atoms with Gasteiger partial charge in [-0.3, -0.25) is 4.79 Å². The minimum absolute atomic E-state index is 0. The molecule has 1 fully saturated rings. The van der Waals surface area contributed by atoms with Crippen molar-refractivity contribution in [3.63, 3.8) is 0 Å². The summed E-state index contributed by atoms with van der Waals surface area (Å²) in [6.07, 6.45) is 5.23. The van der Waals surface area contributed by atoms with E-state index in [1.807, 2.05) is 30.3 Å². The van der Waals surface area contributed by atoms with Gasteiger partial charge in [0.2, 0.25) is 0 Å². The number of hydrogen-bond donors (Lipinski definition) is 2. The van der Waals surface area contributed by atoms with Crippen LogP contribution in [0.3, 0.4) is 0 Å². The zero-order chi connectivity index (χ0) is 15.2. The van der Waals surface area contributed by atoms with Gasteiger partial charge in [0.05, 0.1) is 6.20 Å². The number of rotatable bonds is 5. The lowest BCUT2D eigenvalue weighted by Gasteiger charge is -2.22. The van der Waals surface area contributed by atoms with Crippen LogP contribution >= 0.6 is 36.2 Å². The van der Waals surface area contributed by atoms with Gasteiger partial charge in [0.1, 0.15) is 9.88 Å². The highest BCUT2D eigenvalue weighted by Gasteiger charge is 2.14. The number of amides is 1. The lowest BCUT2D eigenvalue weighted by atomic mass is 9.96. The van der Waals surface area contributed by atoms with E-state index in [9.17, 15) is 4.79 Å². The first-order valence-electron chi connectivity index (χ1n) is 7.83. The summed E-state index contributed by atoms with van der Waals surface area (Å²) >= 11 is 1.44. The molecular weight excluding hydrogens is 365 g/mol. The molecule has 0 saturated carbocycles. The number of piperidine rings is 1. The Kier molecular flexibility index (Phi) is 9.29. The van der Waals surface area contributed by atoms with Crippen molar-refractivity contribution in [1.82, 2.24) is 15.6 Å². The van der Waals surface area contributed by atoms with Crippen LogP contribution in [0, 0.1) is 5.92 Å². The molecule has 24 heavy (non-hydrogen) atoms. The van der Waals surface area contributed by atoms with Gasteiger partial charge >= 0.3 is 0 Å². The average molecular weight is 388 g/mol. The van der Waals surface area contributed by atoms with E-state index >= 15 is 0 Å². The van der Waals surface area contributed by atoms with Gasteiger partial charge in [0.15, 0.2) is 0 Å². The maximum atomic E-state index is 12.2. The summed E-state index contributed by atoms with van der Waals surface area (Å²) in [5.41, 5.74) is 1.06. The van der Waals surface area contributed by atoms with E-state index in [1.54, 1.807) is 6.20 Å². The maximum absolute atomic E-state index is 12.2. The second-order valence-corrected chi connectivity index (χ2v) is 6.68. The number of aromatic nitrogens is 1. The Hall–Kier alpha value is -1.14. The molecule has 1 saturated heterocycles. The predicted molar refractivity (Wildman–Crippen MR) is 105 cm³/mol. The highest BCUT2D eigenvalue weighted by molar-refractivity contribution is 7.16. The van der Waals surface area contributed by atoms with Gasteiger partial charge in [-0.25, -0.2) is 4.98 Å². The summed E-state index contributed by atoms with van der Waals surface area (Å²) in [4.78, 5) is 17.2. The summed E-state index contributed by atoms with van der Waals surface area (Å²) in [5, 5.41) is 7.31. The predicted octanol–water partition coefficient (Wildman–Crippen LogP) is 3.77. The highest BCUT2D eigenvalue weighted by Crippen LogP contribution is 2.24. The Morgan fingerprint density at radius 2 is 2.08 bits per heavy atom. The average Bonchev–Trinajstić information content (AvgIpc) is 3.07. The zero-order valence-electron chi connectivity index (χ0n) is 13.4. The molecule has 0 spiro atoms. The van der Waals surface area contributed by atoms with Crippen LogP contribution in [-0.4, -0.2) is 30.5 Å². The SMILES string of the molecule is Cl.Cl.O=C(NCCC1CCCNC1)c1cnc(-c2ccccc2)s1. The van der Waals surface area contributed by atoms with Crippen LogP contribution < -0.4 is 10.6 Å². The van der Waals surface area contributed by atoms with Gasteiger partial charge < -0.3 is 10.6 Å². The van der Waals surface area contributed by atoms with E-state index in [0.717, 1.165) is 36.6 Å². The third kappa shape index (κ3) is 5.74. The van der Waals surface area contributed by atoms with Crippen LogP contribution in [0.2, 0.25) is 0 Å². The van der Waals surface area contributed by atoms with E-state index < -0.39 is 0 Å². The van der Waals surface area contributed by atoms with Gasteiger partial charge in [-0.2, -0.15) is 0 Å². The first kappa shape index (κ1) is 20.9. The fourth-order valence-electron chi connectivity index (χ4n) is 2.74. The van der Waals surface area contributed by atoms with Gasteiger partial charge in [-0.05, 0) is 38.3 Å². The molecule has 1 aliphatic heterocycles. The Balaban J connectivity index is 0.00000144. The summed E-state index contributed by atoms with van der Waals surface area (Å²) < 4.78 is 0. The summed E-state index contributed by atoms with van der Waals surface area (Å²) in [7, 11) is 0. The van der Waals surface area contributed by atoms with Gasteiger partial charge in [0.25, 0.3) is 5.91 Å². The number of benzene rings is 1. The molecule has 2 heterocycles. The lowest BCUT2D eigenvalue weighted by Crippen LogP contribution is -2.33. The fourth-order valence-corrected chi connectivity index (χ4v) is 3.58. The molecule has 1 atom stereocenters. The molecule has 0 aliphatic carbocycles. The van der Waals surface area contributed by atoms with Crippen molar-refractivity contribution in [3.8, 4) is 10.6 Å². The monoisotopic (exact) mass is 387 g/mol. The number of thiazole rings is 1. The zero-order valence-corrected chi connectivity index (χ0v) is 15.8. The summed E-state index contributed by atoms with van der Waals surface area (Å²) in [6.45, 7) is 2.95. The number of hydrogen-bond acceptors (Lipinski definition) is 4. The van der Waals surface area contributed by atoms with Crippen LogP contribution in [0.25, 0.3) is 10.6 Å². The number of carbonyl (C=O) groups is 1. The summed E-state index contributed by atoms with van der Waals surface area (Å²) in [5.74, 6) is 0.679. The van der Waals surface area contributed by atoms with Crippen molar-refractivity contribution >= 4 is 42.1 Å². The minimum Gasteiger partial charge on any atom is -0.351 e. The Bertz CT molecular complexity index is 615. The van der Waals surface area contributed by atoms with Crippen molar-refractivity contribution in [2.75, 3.05) is 19.6 Å². The van der Waals surface area contributed by atoms with E-state index in [4.69, 9.17) is 0 Å². The minimum atomic E-state index is -0.0107. The lowest BCUT2D eigenvalue weighted by molar-refractivity contribution is 0.0954. The molecule has 1 unspecified atom stereocenters. The van der Waals surface area contributed by atoms with Crippen LogP contribution in [0.1, 0.15) is 28.9 Å². The molecule has 132 valence electrons. The molecule has 1 aromatic heterocycles. The topological polar surface area (TPSA) is 54.0 Å². The molecule has 2 N–H and O–H groups in total. The van der Waals surface area contributed by atoms with Crippen LogP contribution in [-0.2, 0) is 0 Å². The number of nitrogens with zero attached hydrogens (tertiary/aromatic N) is 1. The van der Waals surface area contributed by atoms with E-state index in [1.165, 1.54) is 24.2 Å². The number of nitrogens with one attached hydrogen (secondary N) is 2. The number of carbonyl (C=O) groups excluding carboxylic acids is 1. The third-order valence-corrected chi connectivity index (χ3v) is 5.03. The maximum Gasteiger partial charge on any atom is 0.263 e. The second-order valence-electron chi connectivity index (χ2n) is 5.65. The molecule has 1 aromatic carbocycles. The molecule has 1 amide bonds. The van der Waals surface area contributed by atoms with Crippen molar-refractivity contribution in [2.24, 2.45) is 5.92 Å². The second kappa shape index (κ2) is 10.7. The number of halogens is 2. The first-order valence-corrected chi connectivity index (χ1v) is 8.65. The molecule has 3 rings (SSSR count). The van der Waals surface area contributed by atoms with Gasteiger partial charge in [-0.1, -0.05) is 30.3 Å². The summed E-state index contributed by atoms with van der Waals surface area (Å²) in [6, 6.07) is 9.96. The fraction of sp³-hybridized carbons (Fsp3) is 0.412. The Labute approximate surface area is 159 Å². The van der Waals surface area contributed by atoms with E-state index in [2.05, 4.69) is 15.6 Å². The van der Waals surface area contributed by atoms with Gasteiger partial charge in [0, 0.05) is 12.1 Å². The Morgan fingerprint density at radius 1 is 1.29 bits per heavy atom. The van der Waals surface area contributed by atoms with E-state index in [0.29, 0.717) is 10.8 Å². The first-order chi connectivity index (χ1) is 10.8. The molecule has 4 nitrogen and oxygen atoms in total. The third-order valence-electron chi connectivity index (χ3n) is 3.99. The quantitative estimate of drug-likeness (QED) is 0.820. The molecule has 0 radical (unpaired) electrons. The largest absolute Gasteiger partial charge is 0.351 e. The molecule has 7 heteroatoms. The van der Waals surface area contributed by atoms with Gasteiger partial charge in [-0.15, -0.1) is 36.2 Å². The Morgan fingerprint density at radius 3 is 2.79 bits per heavy atom. The molecule has 1 aliphatic rings. The van der Waals surface area contributed by atoms with E-state index in [-0.39, 0.29) is 30.7 Å². The smallest absolute Gasteiger partial charge is 0.263 e. The normalized spacial score (nSPS) is 16.6. The highest BCUT2D eigenvalue weighted by atomic mass is 35.5. The van der Waals surface area contributed by atoms with Crippen LogP contribution in [0.4, 0.5) is 0 Å². The molecule has 2 aromatic rings. The van der Waals surface area contributed by atoms with Crippen LogP contribution in [0.15, 0.2) is 36.5 Å². The van der Waals surface area contributed by atoms with Crippen LogP contribution in [0.5, 0.6) is 0 Å². The van der Waals surface area contributed by atoms with Crippen molar-refractivity contribution in [1.29, 1.82) is 0 Å². The van der Waals surface area contributed by atoms with Crippen molar-refractivity contribution in [2.45, 2.75) is 19.3 Å². The van der Waals surface area contributed by atoms with Crippen molar-refractivity contribution in [3.05, 3.63) is 41.4 Å².